The van der Waals surface area contributed by atoms with Gasteiger partial charge in [0.1, 0.15) is 4.32 Å². The summed E-state index contributed by atoms with van der Waals surface area (Å²) in [5, 5.41) is 3.76. The van der Waals surface area contributed by atoms with E-state index < -0.39 is 81.4 Å². The van der Waals surface area contributed by atoms with E-state index in [9.17, 15) is 4.79 Å². The van der Waals surface area contributed by atoms with E-state index in [4.69, 9.17) is 50.3 Å². The van der Waals surface area contributed by atoms with Gasteiger partial charge in [-0.05, 0) is 25.6 Å². The first-order chi connectivity index (χ1) is 33.3. The average molecular weight is 1130 g/mol. The van der Waals surface area contributed by atoms with Crippen LogP contribution in [-0.2, 0) is 59.8 Å². The number of benzene rings is 6. The third kappa shape index (κ3) is 10.6. The highest BCUT2D eigenvalue weighted by molar-refractivity contribution is 9.10. The van der Waals surface area contributed by atoms with E-state index in [1.165, 1.54) is 0 Å². The Morgan fingerprint density at radius 1 is 0.522 bits per heavy atom. The predicted octanol–water partition coefficient (Wildman–Crippen LogP) is 3.39. The van der Waals surface area contributed by atoms with E-state index in [1.54, 1.807) is 28.1 Å². The van der Waals surface area contributed by atoms with Crippen LogP contribution >= 0.6 is 15.9 Å². The molecule has 360 valence electrons. The highest BCUT2D eigenvalue weighted by Crippen LogP contribution is 2.43. The van der Waals surface area contributed by atoms with Crippen LogP contribution in [-0.4, -0.2) is 109 Å². The fourth-order valence-electron chi connectivity index (χ4n) is 8.04. The summed E-state index contributed by atoms with van der Waals surface area (Å²) in [7, 11) is -30.0. The molecule has 6 bridgehead atoms. The van der Waals surface area contributed by atoms with Gasteiger partial charge in [-0.1, -0.05) is 198 Å². The summed E-state index contributed by atoms with van der Waals surface area (Å²) < 4.78 is 95.1. The Labute approximate surface area is 421 Å². The summed E-state index contributed by atoms with van der Waals surface area (Å²) in [6.45, 7) is 5.33. The lowest BCUT2D eigenvalue weighted by Gasteiger charge is -2.56. The maximum atomic E-state index is 13.5. The Balaban J connectivity index is 0.00000193. The van der Waals surface area contributed by atoms with Crippen LogP contribution in [0.15, 0.2) is 182 Å². The molecule has 8 unspecified atom stereocenters. The van der Waals surface area contributed by atoms with E-state index in [-0.39, 0.29) is 18.9 Å². The number of fused-ring (bicyclic) bond motifs is 4. The Morgan fingerprint density at radius 3 is 1.33 bits per heavy atom. The van der Waals surface area contributed by atoms with Crippen LogP contribution in [0.5, 0.6) is 0 Å². The number of carbonyl (C=O) groups excluding carboxylic acids is 1. The Kier molecular flexibility index (Phi) is 15.3. The maximum Gasteiger partial charge on any atom is 0.522 e. The zero-order valence-corrected chi connectivity index (χ0v) is 48.6. The molecule has 4 saturated heterocycles. The zero-order valence-electron chi connectivity index (χ0n) is 38.7. The number of esters is 1. The van der Waals surface area contributed by atoms with Gasteiger partial charge in [0.25, 0.3) is 0 Å². The first-order valence-corrected chi connectivity index (χ1v) is 37.8. The van der Waals surface area contributed by atoms with Crippen molar-refractivity contribution in [1.82, 2.24) is 0 Å². The molecule has 23 heteroatoms. The van der Waals surface area contributed by atoms with Crippen molar-refractivity contribution in [1.29, 1.82) is 0 Å². The topological polar surface area (TPSA) is 137 Å². The van der Waals surface area contributed by atoms with Crippen LogP contribution in [0.2, 0.25) is 12.6 Å². The quantitative estimate of drug-likeness (QED) is 0.113. The second kappa shape index (κ2) is 20.9. The highest BCUT2D eigenvalue weighted by atomic mass is 79.9. The Bertz CT molecular complexity index is 2650. The van der Waals surface area contributed by atoms with Crippen LogP contribution < -0.4 is 31.1 Å². The lowest BCUT2D eigenvalue weighted by molar-refractivity contribution is -0.145. The number of ether oxygens (including phenoxy) is 2. The molecule has 0 saturated carbocycles. The van der Waals surface area contributed by atoms with Crippen molar-refractivity contribution >= 4 is 124 Å². The van der Waals surface area contributed by atoms with Gasteiger partial charge in [0.2, 0.25) is 0 Å². The van der Waals surface area contributed by atoms with Crippen molar-refractivity contribution in [2.75, 3.05) is 27.1 Å². The number of hydrogen-bond donors (Lipinski definition) is 0. The smallest absolute Gasteiger partial charge is 0.465 e. The van der Waals surface area contributed by atoms with Gasteiger partial charge in [-0.25, -0.2) is 0 Å². The van der Waals surface area contributed by atoms with Crippen molar-refractivity contribution in [3.63, 3.8) is 0 Å². The summed E-state index contributed by atoms with van der Waals surface area (Å²) in [4.78, 5) is 13.5. The molecule has 0 aromatic heterocycles. The Hall–Kier alpha value is -3.47. The summed E-state index contributed by atoms with van der Waals surface area (Å²) in [5.74, 6) is -0.483. The molecule has 0 amide bonds. The standard InChI is InChI=1S/C44H47BrO13Si8.C2H6O/c1-44(2,45)43(46)47-34-35-61-50-60(37-22-10-4-11-23-37)51-64(40-28-16-7-17-29-40)55-63(39-26-14-6-15-27-39)49-59(3)36-48-62(52-61,38-24-12-5-13-25-38)54-66(56-63,42-32-20-9-21-33-42)58-65(53-61,57-64)41-30-18-8-19-31-41;1-3-2/h4-33,59-60H,34-36H2,1-3H3;1-2H3. The van der Waals surface area contributed by atoms with Crippen LogP contribution in [0.25, 0.3) is 0 Å². The monoisotopic (exact) mass is 1130 g/mol. The number of rotatable bonds is 10. The van der Waals surface area contributed by atoms with Crippen LogP contribution in [0, 0.1) is 0 Å². The van der Waals surface area contributed by atoms with Gasteiger partial charge in [-0.2, -0.15) is 0 Å². The van der Waals surface area contributed by atoms with Gasteiger partial charge in [-0.15, -0.1) is 0 Å². The van der Waals surface area contributed by atoms with Gasteiger partial charge in [0.15, 0.2) is 9.04 Å². The summed E-state index contributed by atoms with van der Waals surface area (Å²) in [5.41, 5.74) is 0. The predicted molar refractivity (Wildman–Crippen MR) is 280 cm³/mol. The lowest BCUT2D eigenvalue weighted by Crippen LogP contribution is -2.88. The number of methoxy groups -OCH3 is 1. The molecule has 69 heavy (non-hydrogen) atoms. The number of halogens is 1. The molecule has 6 aromatic carbocycles. The molecule has 4 aliphatic heterocycles. The molecular weight excluding hydrogens is 1080 g/mol. The minimum atomic E-state index is -4.69. The molecule has 0 N–H and O–H groups in total. The first-order valence-electron chi connectivity index (χ1n) is 22.5. The maximum absolute atomic E-state index is 13.5. The van der Waals surface area contributed by atoms with E-state index in [2.05, 4.69) is 20.7 Å². The molecule has 4 heterocycles. The SMILES string of the molecule is COC.C[SiH]1CO[Si]2(c3ccccc3)O[Si]3(CCOC(=O)C(C)(C)Br)O[SiH](c4ccccc4)O[Si]4(c5ccccc5)O[Si](c5ccccc5)(O1)O[Si](c1ccccc1)(O2)O[Si](c1ccccc1)(O3)O4. The second-order valence-corrected chi connectivity index (χ2v) is 41.4. The molecule has 4 aliphatic rings. The molecule has 0 spiro atoms. The number of hydrogen-bond acceptors (Lipinski definition) is 14. The average Bonchev–Trinajstić information content (AvgIpc) is 3.41. The molecule has 0 radical (unpaired) electrons. The fourth-order valence-corrected chi connectivity index (χ4v) is 48.6. The van der Waals surface area contributed by atoms with Gasteiger partial charge >= 0.3 is 68.1 Å². The van der Waals surface area contributed by atoms with Gasteiger partial charge in [0, 0.05) is 40.2 Å². The second-order valence-electron chi connectivity index (χ2n) is 17.0. The fraction of sp³-hybridized carbons (Fsp3) is 0.196. The van der Waals surface area contributed by atoms with Crippen LogP contribution in [0.1, 0.15) is 13.8 Å². The molecule has 0 aliphatic carbocycles. The van der Waals surface area contributed by atoms with Crippen molar-refractivity contribution < 1.29 is 59.8 Å². The minimum Gasteiger partial charge on any atom is -0.465 e. The van der Waals surface area contributed by atoms with Crippen molar-refractivity contribution in [3.8, 4) is 0 Å². The third-order valence-electron chi connectivity index (χ3n) is 11.2. The molecule has 6 aromatic rings. The molecular formula is C46H53BrO14Si8. The third-order valence-corrected chi connectivity index (χ3v) is 42.6. The lowest BCUT2D eigenvalue weighted by atomic mass is 10.2. The Morgan fingerprint density at radius 2 is 0.870 bits per heavy atom. The summed E-state index contributed by atoms with van der Waals surface area (Å²) in [6.07, 6.45) is 0.105. The molecule has 14 nitrogen and oxygen atoms in total. The van der Waals surface area contributed by atoms with E-state index >= 15 is 0 Å². The van der Waals surface area contributed by atoms with E-state index in [0.29, 0.717) is 25.9 Å². The zero-order chi connectivity index (χ0) is 48.2. The highest BCUT2D eigenvalue weighted by Gasteiger charge is 2.79. The molecule has 10 rings (SSSR count). The van der Waals surface area contributed by atoms with E-state index in [1.807, 2.05) is 189 Å². The van der Waals surface area contributed by atoms with Gasteiger partial charge in [0.05, 0.1) is 18.9 Å². The van der Waals surface area contributed by atoms with Gasteiger partial charge in [-0.3, -0.25) is 4.79 Å². The molecule has 8 atom stereocenters. The van der Waals surface area contributed by atoms with E-state index in [0.717, 1.165) is 5.19 Å². The largest absolute Gasteiger partial charge is 0.522 e. The minimum absolute atomic E-state index is 0.0577. The van der Waals surface area contributed by atoms with Crippen LogP contribution in [0.3, 0.4) is 0 Å². The van der Waals surface area contributed by atoms with Crippen molar-refractivity contribution in [2.24, 2.45) is 0 Å². The van der Waals surface area contributed by atoms with Crippen molar-refractivity contribution in [3.05, 3.63) is 182 Å². The van der Waals surface area contributed by atoms with Crippen LogP contribution in [0.4, 0.5) is 0 Å². The number of alkyl halides is 1. The van der Waals surface area contributed by atoms with Crippen molar-refractivity contribution in [2.45, 2.75) is 30.8 Å². The molecule has 4 fully saturated rings. The summed E-state index contributed by atoms with van der Waals surface area (Å²) in [6, 6.07) is 57.6. The normalized spacial score (nSPS) is 30.9. The summed E-state index contributed by atoms with van der Waals surface area (Å²) >= 11 is 3.48. The van der Waals surface area contributed by atoms with Gasteiger partial charge < -0.3 is 55.1 Å². The first kappa shape index (κ1) is 50.5. The number of carbonyl (C=O) groups is 1.